The molecule has 1 aliphatic heterocycles. The predicted molar refractivity (Wildman–Crippen MR) is 57.3 cm³/mol. The molecule has 0 amide bonds. The van der Waals surface area contributed by atoms with E-state index in [2.05, 4.69) is 12.2 Å². The van der Waals surface area contributed by atoms with Crippen molar-refractivity contribution < 1.29 is 5.11 Å². The Kier molecular flexibility index (Phi) is 2.73. The fourth-order valence-corrected chi connectivity index (χ4v) is 2.07. The van der Waals surface area contributed by atoms with Crippen LogP contribution in [0.5, 0.6) is 5.75 Å². The molecule has 0 aromatic heterocycles. The van der Waals surface area contributed by atoms with E-state index in [9.17, 15) is 0 Å². The Morgan fingerprint density at radius 2 is 2.00 bits per heavy atom. The molecule has 2 heteroatoms. The molecule has 2 nitrogen and oxygen atoms in total. The molecule has 0 bridgehead atoms. The van der Waals surface area contributed by atoms with Crippen molar-refractivity contribution in [2.45, 2.75) is 13.3 Å². The maximum Gasteiger partial charge on any atom is 0.115 e. The maximum atomic E-state index is 9.16. The third-order valence-corrected chi connectivity index (χ3v) is 3.11. The van der Waals surface area contributed by atoms with Crippen LogP contribution in [0.4, 0.5) is 0 Å². The van der Waals surface area contributed by atoms with Crippen LogP contribution in [0.1, 0.15) is 12.5 Å². The van der Waals surface area contributed by atoms with Crippen molar-refractivity contribution in [3.05, 3.63) is 29.8 Å². The van der Waals surface area contributed by atoms with Crippen molar-refractivity contribution in [1.29, 1.82) is 0 Å². The van der Waals surface area contributed by atoms with Gasteiger partial charge in [0.15, 0.2) is 0 Å². The average Bonchev–Trinajstić information content (AvgIpc) is 2.56. The number of benzene rings is 1. The van der Waals surface area contributed by atoms with Gasteiger partial charge in [-0.2, -0.15) is 0 Å². The van der Waals surface area contributed by atoms with Gasteiger partial charge in [-0.15, -0.1) is 0 Å². The molecule has 0 saturated carbocycles. The first-order valence-corrected chi connectivity index (χ1v) is 5.24. The number of aromatic hydroxyl groups is 1. The molecular weight excluding hydrogens is 174 g/mol. The zero-order chi connectivity index (χ0) is 9.97. The van der Waals surface area contributed by atoms with Crippen LogP contribution in [-0.2, 0) is 6.42 Å². The van der Waals surface area contributed by atoms with Gasteiger partial charge in [-0.3, -0.25) is 0 Å². The van der Waals surface area contributed by atoms with Crippen LogP contribution in [0.15, 0.2) is 24.3 Å². The SMILES string of the molecule is C[C@H]1CNC[C@H]1Cc1ccc(O)cc1. The van der Waals surface area contributed by atoms with E-state index < -0.39 is 0 Å². The summed E-state index contributed by atoms with van der Waals surface area (Å²) in [6.45, 7) is 4.57. The Labute approximate surface area is 85.0 Å². The largest absolute Gasteiger partial charge is 0.508 e. The summed E-state index contributed by atoms with van der Waals surface area (Å²) in [5.74, 6) is 1.87. The van der Waals surface area contributed by atoms with Crippen molar-refractivity contribution in [3.8, 4) is 5.75 Å². The highest BCUT2D eigenvalue weighted by atomic mass is 16.3. The fraction of sp³-hybridized carbons (Fsp3) is 0.500. The van der Waals surface area contributed by atoms with Crippen molar-refractivity contribution in [1.82, 2.24) is 5.32 Å². The van der Waals surface area contributed by atoms with Gasteiger partial charge < -0.3 is 10.4 Å². The van der Waals surface area contributed by atoms with E-state index in [1.54, 1.807) is 12.1 Å². The van der Waals surface area contributed by atoms with E-state index in [-0.39, 0.29) is 0 Å². The topological polar surface area (TPSA) is 32.3 Å². The Morgan fingerprint density at radius 1 is 1.29 bits per heavy atom. The van der Waals surface area contributed by atoms with Crippen LogP contribution in [0, 0.1) is 11.8 Å². The molecule has 1 heterocycles. The molecule has 1 aromatic carbocycles. The number of phenols is 1. The lowest BCUT2D eigenvalue weighted by Gasteiger charge is -2.13. The van der Waals surface area contributed by atoms with E-state index in [0.717, 1.165) is 31.3 Å². The maximum absolute atomic E-state index is 9.16. The lowest BCUT2D eigenvalue weighted by Crippen LogP contribution is -2.12. The first-order valence-electron chi connectivity index (χ1n) is 5.24. The molecule has 2 atom stereocenters. The Morgan fingerprint density at radius 3 is 2.57 bits per heavy atom. The molecule has 2 N–H and O–H groups in total. The second kappa shape index (κ2) is 4.01. The first kappa shape index (κ1) is 9.53. The molecule has 0 unspecified atom stereocenters. The molecule has 1 saturated heterocycles. The number of phenolic OH excluding ortho intramolecular Hbond substituents is 1. The summed E-state index contributed by atoms with van der Waals surface area (Å²) in [6, 6.07) is 7.56. The molecule has 76 valence electrons. The summed E-state index contributed by atoms with van der Waals surface area (Å²) < 4.78 is 0. The minimum atomic E-state index is 0.353. The van der Waals surface area contributed by atoms with Crippen LogP contribution >= 0.6 is 0 Å². The summed E-state index contributed by atoms with van der Waals surface area (Å²) >= 11 is 0. The van der Waals surface area contributed by atoms with Gasteiger partial charge in [-0.1, -0.05) is 19.1 Å². The van der Waals surface area contributed by atoms with Crippen molar-refractivity contribution in [2.24, 2.45) is 11.8 Å². The minimum absolute atomic E-state index is 0.353. The van der Waals surface area contributed by atoms with E-state index in [1.165, 1.54) is 5.56 Å². The highest BCUT2D eigenvalue weighted by molar-refractivity contribution is 5.26. The molecule has 0 radical (unpaired) electrons. The zero-order valence-electron chi connectivity index (χ0n) is 8.53. The van der Waals surface area contributed by atoms with Crippen molar-refractivity contribution >= 4 is 0 Å². The smallest absolute Gasteiger partial charge is 0.115 e. The zero-order valence-corrected chi connectivity index (χ0v) is 8.53. The summed E-state index contributed by atoms with van der Waals surface area (Å²) in [5.41, 5.74) is 1.32. The Bertz CT molecular complexity index is 294. The molecule has 0 aliphatic carbocycles. The van der Waals surface area contributed by atoms with Gasteiger partial charge in [0.1, 0.15) is 5.75 Å². The number of rotatable bonds is 2. The first-order chi connectivity index (χ1) is 6.75. The minimum Gasteiger partial charge on any atom is -0.508 e. The normalized spacial score (nSPS) is 26.6. The molecule has 1 fully saturated rings. The van der Waals surface area contributed by atoms with Crippen LogP contribution in [0.3, 0.4) is 0 Å². The average molecular weight is 191 g/mol. The van der Waals surface area contributed by atoms with Gasteiger partial charge >= 0.3 is 0 Å². The van der Waals surface area contributed by atoms with Gasteiger partial charge in [0.2, 0.25) is 0 Å². The van der Waals surface area contributed by atoms with E-state index in [0.29, 0.717) is 5.75 Å². The quantitative estimate of drug-likeness (QED) is 0.747. The Hall–Kier alpha value is -1.02. The summed E-state index contributed by atoms with van der Waals surface area (Å²) in [6.07, 6.45) is 1.12. The van der Waals surface area contributed by atoms with Gasteiger partial charge in [0.25, 0.3) is 0 Å². The third-order valence-electron chi connectivity index (χ3n) is 3.11. The summed E-state index contributed by atoms with van der Waals surface area (Å²) in [7, 11) is 0. The summed E-state index contributed by atoms with van der Waals surface area (Å²) in [5, 5.41) is 12.6. The van der Waals surface area contributed by atoms with E-state index in [1.807, 2.05) is 12.1 Å². The van der Waals surface area contributed by atoms with Gasteiger partial charge in [0.05, 0.1) is 0 Å². The standard InChI is InChI=1S/C12H17NO/c1-9-7-13-8-11(9)6-10-2-4-12(14)5-3-10/h2-5,9,11,13-14H,6-8H2,1H3/t9-,11+/m0/s1. The van der Waals surface area contributed by atoms with Crippen LogP contribution < -0.4 is 5.32 Å². The monoisotopic (exact) mass is 191 g/mol. The number of nitrogens with one attached hydrogen (secondary N) is 1. The molecule has 1 aliphatic rings. The van der Waals surface area contributed by atoms with E-state index >= 15 is 0 Å². The molecule has 14 heavy (non-hydrogen) atoms. The van der Waals surface area contributed by atoms with Crippen LogP contribution in [0.2, 0.25) is 0 Å². The molecular formula is C12H17NO. The van der Waals surface area contributed by atoms with Crippen LogP contribution in [0.25, 0.3) is 0 Å². The second-order valence-electron chi connectivity index (χ2n) is 4.27. The van der Waals surface area contributed by atoms with Crippen LogP contribution in [-0.4, -0.2) is 18.2 Å². The molecule has 1 aromatic rings. The molecule has 0 spiro atoms. The highest BCUT2D eigenvalue weighted by Gasteiger charge is 2.22. The fourth-order valence-electron chi connectivity index (χ4n) is 2.07. The Balaban J connectivity index is 2.00. The summed E-state index contributed by atoms with van der Waals surface area (Å²) in [4.78, 5) is 0. The van der Waals surface area contributed by atoms with Gasteiger partial charge in [-0.05, 0) is 49.0 Å². The number of hydrogen-bond acceptors (Lipinski definition) is 2. The lowest BCUT2D eigenvalue weighted by molar-refractivity contribution is 0.449. The van der Waals surface area contributed by atoms with Gasteiger partial charge in [-0.25, -0.2) is 0 Å². The lowest BCUT2D eigenvalue weighted by atomic mass is 9.91. The molecule has 2 rings (SSSR count). The van der Waals surface area contributed by atoms with Crippen molar-refractivity contribution in [3.63, 3.8) is 0 Å². The highest BCUT2D eigenvalue weighted by Crippen LogP contribution is 2.21. The van der Waals surface area contributed by atoms with E-state index in [4.69, 9.17) is 5.11 Å². The second-order valence-corrected chi connectivity index (χ2v) is 4.27. The number of hydrogen-bond donors (Lipinski definition) is 2. The van der Waals surface area contributed by atoms with Crippen molar-refractivity contribution in [2.75, 3.05) is 13.1 Å². The van der Waals surface area contributed by atoms with Gasteiger partial charge in [0, 0.05) is 0 Å². The third kappa shape index (κ3) is 2.07. The predicted octanol–water partition coefficient (Wildman–Crippen LogP) is 1.79.